The van der Waals surface area contributed by atoms with Crippen molar-refractivity contribution < 1.29 is 14.2 Å². The molecule has 3 aromatic carbocycles. The number of methoxy groups -OCH3 is 1. The summed E-state index contributed by atoms with van der Waals surface area (Å²) in [5, 5.41) is 0. The summed E-state index contributed by atoms with van der Waals surface area (Å²) in [4.78, 5) is 0. The molecule has 0 amide bonds. The van der Waals surface area contributed by atoms with Gasteiger partial charge in [0.25, 0.3) is 0 Å². The van der Waals surface area contributed by atoms with Crippen molar-refractivity contribution in [3.8, 4) is 28.4 Å². The van der Waals surface area contributed by atoms with E-state index >= 15 is 0 Å². The lowest BCUT2D eigenvalue weighted by atomic mass is 10.0. The van der Waals surface area contributed by atoms with Crippen LogP contribution in [-0.4, -0.2) is 20.3 Å². The van der Waals surface area contributed by atoms with Crippen molar-refractivity contribution in [3.63, 3.8) is 0 Å². The zero-order chi connectivity index (χ0) is 18.2. The smallest absolute Gasteiger partial charge is 0.162 e. The van der Waals surface area contributed by atoms with Gasteiger partial charge >= 0.3 is 0 Å². The first-order valence-electron chi connectivity index (χ1n) is 8.58. The van der Waals surface area contributed by atoms with Crippen LogP contribution in [0.25, 0.3) is 11.1 Å². The molecule has 134 valence electrons. The minimum Gasteiger partial charge on any atom is -0.497 e. The zero-order valence-corrected chi connectivity index (χ0v) is 14.9. The lowest BCUT2D eigenvalue weighted by Crippen LogP contribution is -2.11. The number of hydrogen-bond donors (Lipinski definition) is 1. The van der Waals surface area contributed by atoms with E-state index in [0.717, 1.165) is 22.4 Å². The zero-order valence-electron chi connectivity index (χ0n) is 14.9. The van der Waals surface area contributed by atoms with Crippen LogP contribution < -0.4 is 19.9 Å². The van der Waals surface area contributed by atoms with Gasteiger partial charge in [-0.1, -0.05) is 48.5 Å². The first-order valence-corrected chi connectivity index (χ1v) is 8.58. The van der Waals surface area contributed by atoms with Crippen molar-refractivity contribution in [1.82, 2.24) is 0 Å². The summed E-state index contributed by atoms with van der Waals surface area (Å²) in [5.41, 5.74) is 8.75. The van der Waals surface area contributed by atoms with E-state index in [1.165, 1.54) is 0 Å². The van der Waals surface area contributed by atoms with Crippen LogP contribution in [0, 0.1) is 0 Å². The molecule has 4 heteroatoms. The summed E-state index contributed by atoms with van der Waals surface area (Å²) in [6.45, 7) is 1.37. The second-order valence-corrected chi connectivity index (χ2v) is 5.80. The first kappa shape index (κ1) is 17.8. The molecule has 0 saturated heterocycles. The Hall–Kier alpha value is -2.98. The van der Waals surface area contributed by atoms with E-state index in [1.54, 1.807) is 7.11 Å². The summed E-state index contributed by atoms with van der Waals surface area (Å²) in [6.07, 6.45) is 0. The molecule has 0 aliphatic heterocycles. The highest BCUT2D eigenvalue weighted by atomic mass is 16.5. The Morgan fingerprint density at radius 2 is 1.58 bits per heavy atom. The van der Waals surface area contributed by atoms with Gasteiger partial charge in [-0.3, -0.25) is 0 Å². The summed E-state index contributed by atoms with van der Waals surface area (Å²) in [7, 11) is 1.66. The van der Waals surface area contributed by atoms with Gasteiger partial charge in [-0.05, 0) is 41.0 Å². The molecule has 26 heavy (non-hydrogen) atoms. The normalized spacial score (nSPS) is 10.4. The molecule has 0 aliphatic rings. The monoisotopic (exact) mass is 349 g/mol. The molecular formula is C22H23NO3. The molecule has 0 saturated carbocycles. The van der Waals surface area contributed by atoms with Gasteiger partial charge in [0.2, 0.25) is 0 Å². The summed E-state index contributed by atoms with van der Waals surface area (Å²) in [6, 6.07) is 23.9. The van der Waals surface area contributed by atoms with Crippen molar-refractivity contribution in [3.05, 3.63) is 78.4 Å². The van der Waals surface area contributed by atoms with Gasteiger partial charge in [0, 0.05) is 6.54 Å². The van der Waals surface area contributed by atoms with Crippen molar-refractivity contribution in [2.45, 2.75) is 6.61 Å². The SMILES string of the molecule is COc1cccc(-c2ccc(OCCN)c(OCc3ccccc3)c2)c1. The van der Waals surface area contributed by atoms with Gasteiger partial charge < -0.3 is 19.9 Å². The van der Waals surface area contributed by atoms with Gasteiger partial charge in [0.05, 0.1) is 7.11 Å². The summed E-state index contributed by atoms with van der Waals surface area (Å²) >= 11 is 0. The Morgan fingerprint density at radius 1 is 0.769 bits per heavy atom. The van der Waals surface area contributed by atoms with E-state index in [2.05, 4.69) is 0 Å². The van der Waals surface area contributed by atoms with E-state index < -0.39 is 0 Å². The van der Waals surface area contributed by atoms with E-state index in [4.69, 9.17) is 19.9 Å². The average Bonchev–Trinajstić information content (AvgIpc) is 2.71. The van der Waals surface area contributed by atoms with E-state index in [-0.39, 0.29) is 0 Å². The van der Waals surface area contributed by atoms with Crippen LogP contribution in [0.4, 0.5) is 0 Å². The van der Waals surface area contributed by atoms with Crippen LogP contribution in [0.2, 0.25) is 0 Å². The molecule has 0 bridgehead atoms. The average molecular weight is 349 g/mol. The predicted octanol–water partition coefficient (Wildman–Crippen LogP) is 4.28. The maximum atomic E-state index is 6.04. The Kier molecular flexibility index (Phi) is 6.12. The van der Waals surface area contributed by atoms with Crippen molar-refractivity contribution in [2.75, 3.05) is 20.3 Å². The lowest BCUT2D eigenvalue weighted by Gasteiger charge is -2.14. The highest BCUT2D eigenvalue weighted by molar-refractivity contribution is 5.68. The van der Waals surface area contributed by atoms with Crippen LogP contribution in [-0.2, 0) is 6.61 Å². The Labute approximate surface area is 154 Å². The number of ether oxygens (including phenoxy) is 3. The number of nitrogens with two attached hydrogens (primary N) is 1. The molecule has 4 nitrogen and oxygen atoms in total. The third-order valence-corrected chi connectivity index (χ3v) is 3.96. The van der Waals surface area contributed by atoms with Gasteiger partial charge in [-0.25, -0.2) is 0 Å². The second-order valence-electron chi connectivity index (χ2n) is 5.80. The molecule has 2 N–H and O–H groups in total. The van der Waals surface area contributed by atoms with Crippen LogP contribution in [0.3, 0.4) is 0 Å². The molecule has 0 aliphatic carbocycles. The minimum atomic E-state index is 0.445. The maximum Gasteiger partial charge on any atom is 0.162 e. The van der Waals surface area contributed by atoms with Gasteiger partial charge in [0.1, 0.15) is 19.0 Å². The topological polar surface area (TPSA) is 53.7 Å². The highest BCUT2D eigenvalue weighted by Crippen LogP contribution is 2.34. The molecule has 0 spiro atoms. The fourth-order valence-corrected chi connectivity index (χ4v) is 2.63. The standard InChI is InChI=1S/C22H23NO3/c1-24-20-9-5-8-18(14-20)19-10-11-21(25-13-12-23)22(15-19)26-16-17-6-3-2-4-7-17/h2-11,14-15H,12-13,16,23H2,1H3. The third kappa shape index (κ3) is 4.55. The van der Waals surface area contributed by atoms with Gasteiger partial charge in [-0.2, -0.15) is 0 Å². The highest BCUT2D eigenvalue weighted by Gasteiger charge is 2.09. The number of hydrogen-bond acceptors (Lipinski definition) is 4. The molecule has 0 atom stereocenters. The van der Waals surface area contributed by atoms with Crippen molar-refractivity contribution >= 4 is 0 Å². The van der Waals surface area contributed by atoms with E-state index in [9.17, 15) is 0 Å². The first-order chi connectivity index (χ1) is 12.8. The quantitative estimate of drug-likeness (QED) is 0.659. The molecule has 0 heterocycles. The predicted molar refractivity (Wildman–Crippen MR) is 104 cm³/mol. The fourth-order valence-electron chi connectivity index (χ4n) is 2.63. The molecule has 0 radical (unpaired) electrons. The maximum absolute atomic E-state index is 6.04. The third-order valence-electron chi connectivity index (χ3n) is 3.96. The summed E-state index contributed by atoms with van der Waals surface area (Å²) < 4.78 is 17.1. The van der Waals surface area contributed by atoms with Crippen LogP contribution >= 0.6 is 0 Å². The molecule has 0 fully saturated rings. The molecule has 3 aromatic rings. The molecule has 0 aromatic heterocycles. The minimum absolute atomic E-state index is 0.445. The van der Waals surface area contributed by atoms with Crippen LogP contribution in [0.15, 0.2) is 72.8 Å². The van der Waals surface area contributed by atoms with E-state index in [1.807, 2.05) is 72.8 Å². The van der Waals surface area contributed by atoms with Crippen molar-refractivity contribution in [1.29, 1.82) is 0 Å². The molecular weight excluding hydrogens is 326 g/mol. The van der Waals surface area contributed by atoms with E-state index in [0.29, 0.717) is 31.3 Å². The largest absolute Gasteiger partial charge is 0.497 e. The van der Waals surface area contributed by atoms with Gasteiger partial charge in [-0.15, -0.1) is 0 Å². The van der Waals surface area contributed by atoms with Crippen LogP contribution in [0.1, 0.15) is 5.56 Å². The molecule has 0 unspecified atom stereocenters. The Morgan fingerprint density at radius 3 is 2.35 bits per heavy atom. The number of rotatable bonds is 8. The van der Waals surface area contributed by atoms with Crippen molar-refractivity contribution in [2.24, 2.45) is 5.73 Å². The van der Waals surface area contributed by atoms with Crippen LogP contribution in [0.5, 0.6) is 17.2 Å². The second kappa shape index (κ2) is 8.92. The fraction of sp³-hybridized carbons (Fsp3) is 0.182. The lowest BCUT2D eigenvalue weighted by molar-refractivity contribution is 0.266. The molecule has 3 rings (SSSR count). The van der Waals surface area contributed by atoms with Gasteiger partial charge in [0.15, 0.2) is 11.5 Å². The Bertz CT molecular complexity index is 834. The Balaban J connectivity index is 1.87. The summed E-state index contributed by atoms with van der Waals surface area (Å²) in [5.74, 6) is 2.21. The number of benzene rings is 3.